The van der Waals surface area contributed by atoms with E-state index in [1.807, 2.05) is 0 Å². The second-order valence-corrected chi connectivity index (χ2v) is 8.62. The maximum Gasteiger partial charge on any atom is 0.205 e. The highest BCUT2D eigenvalue weighted by Crippen LogP contribution is 2.15. The fourth-order valence-corrected chi connectivity index (χ4v) is 3.95. The van der Waals surface area contributed by atoms with Crippen molar-refractivity contribution in [3.05, 3.63) is 0 Å². The summed E-state index contributed by atoms with van der Waals surface area (Å²) < 4.78 is 0. The molecule has 0 aliphatic heterocycles. The third kappa shape index (κ3) is 25.2. The standard InChI is InChI=1S/C26H50N2/c1-2-3-4-5-6-7-8-9-10-11-12-13-14-15-16-17-18-19-20-21-22-23-24-25-28-26-27/h25H,2-24H2,1H3. The lowest BCUT2D eigenvalue weighted by atomic mass is 10.0. The highest BCUT2D eigenvalue weighted by Gasteiger charge is 1.95. The summed E-state index contributed by atoms with van der Waals surface area (Å²) in [6, 6.07) is 0. The number of hydrogen-bond acceptors (Lipinski definition) is 2. The molecule has 0 saturated carbocycles. The van der Waals surface area contributed by atoms with E-state index in [-0.39, 0.29) is 0 Å². The molecule has 0 fully saturated rings. The lowest BCUT2D eigenvalue weighted by Crippen LogP contribution is -1.84. The Morgan fingerprint density at radius 3 is 1.07 bits per heavy atom. The Hall–Kier alpha value is -0.840. The number of aliphatic imine (C=N–C) groups is 1. The summed E-state index contributed by atoms with van der Waals surface area (Å²) in [5.74, 6) is 0. The van der Waals surface area contributed by atoms with Gasteiger partial charge in [-0.1, -0.05) is 142 Å². The summed E-state index contributed by atoms with van der Waals surface area (Å²) >= 11 is 0. The number of hydrogen-bond donors (Lipinski definition) is 0. The highest BCUT2D eigenvalue weighted by molar-refractivity contribution is 5.58. The molecule has 0 aromatic rings. The predicted octanol–water partition coefficient (Wildman–Crippen LogP) is 9.53. The third-order valence-corrected chi connectivity index (χ3v) is 5.84. The van der Waals surface area contributed by atoms with Gasteiger partial charge in [0.2, 0.25) is 6.19 Å². The number of rotatable bonds is 23. The quantitative estimate of drug-likeness (QED) is 0.0971. The topological polar surface area (TPSA) is 36.1 Å². The maximum absolute atomic E-state index is 8.30. The van der Waals surface area contributed by atoms with Crippen LogP contribution in [0.2, 0.25) is 0 Å². The lowest BCUT2D eigenvalue weighted by Gasteiger charge is -2.04. The first-order valence-corrected chi connectivity index (χ1v) is 12.8. The van der Waals surface area contributed by atoms with Crippen molar-refractivity contribution in [1.82, 2.24) is 0 Å². The molecule has 0 unspecified atom stereocenters. The molecular formula is C26H50N2. The molecule has 2 nitrogen and oxygen atoms in total. The maximum atomic E-state index is 8.30. The molecule has 0 heterocycles. The molecule has 0 amide bonds. The van der Waals surface area contributed by atoms with Crippen LogP contribution < -0.4 is 0 Å². The van der Waals surface area contributed by atoms with Crippen molar-refractivity contribution in [3.63, 3.8) is 0 Å². The molecule has 0 radical (unpaired) electrons. The molecule has 0 rings (SSSR count). The SMILES string of the molecule is CCCCCCCCCCCCCCCCCCCCCCCCC=NC#N. The Kier molecular flexibility index (Phi) is 25.4. The third-order valence-electron chi connectivity index (χ3n) is 5.84. The van der Waals surface area contributed by atoms with Gasteiger partial charge in [0.1, 0.15) is 0 Å². The Balaban J connectivity index is 3.00. The minimum absolute atomic E-state index is 0.965. The zero-order valence-corrected chi connectivity index (χ0v) is 19.2. The normalized spacial score (nSPS) is 11.3. The molecule has 0 aromatic carbocycles. The smallest absolute Gasteiger partial charge is 0.186 e. The molecule has 0 spiro atoms. The van der Waals surface area contributed by atoms with Crippen LogP contribution in [0.3, 0.4) is 0 Å². The van der Waals surface area contributed by atoms with Gasteiger partial charge in [0.15, 0.2) is 0 Å². The fourth-order valence-electron chi connectivity index (χ4n) is 3.95. The van der Waals surface area contributed by atoms with Gasteiger partial charge < -0.3 is 0 Å². The van der Waals surface area contributed by atoms with Crippen molar-refractivity contribution in [2.45, 2.75) is 155 Å². The second-order valence-electron chi connectivity index (χ2n) is 8.62. The monoisotopic (exact) mass is 390 g/mol. The average Bonchev–Trinajstić information content (AvgIpc) is 2.71. The number of nitriles is 1. The van der Waals surface area contributed by atoms with E-state index in [1.54, 1.807) is 12.4 Å². The second kappa shape index (κ2) is 26.2. The molecular weight excluding hydrogens is 340 g/mol. The van der Waals surface area contributed by atoms with Crippen molar-refractivity contribution in [1.29, 1.82) is 5.26 Å². The van der Waals surface area contributed by atoms with Crippen LogP contribution in [-0.4, -0.2) is 6.21 Å². The van der Waals surface area contributed by atoms with Gasteiger partial charge in [-0.15, -0.1) is 0 Å². The van der Waals surface area contributed by atoms with Gasteiger partial charge in [-0.25, -0.2) is 0 Å². The first-order valence-electron chi connectivity index (χ1n) is 12.8. The van der Waals surface area contributed by atoms with Gasteiger partial charge in [0.25, 0.3) is 0 Å². The van der Waals surface area contributed by atoms with Crippen LogP contribution in [-0.2, 0) is 0 Å². The van der Waals surface area contributed by atoms with Gasteiger partial charge in [-0.2, -0.15) is 10.3 Å². The van der Waals surface area contributed by atoms with Crippen LogP contribution in [0.4, 0.5) is 0 Å². The number of unbranched alkanes of at least 4 members (excludes halogenated alkanes) is 22. The summed E-state index contributed by atoms with van der Waals surface area (Å²) in [6.45, 7) is 2.29. The van der Waals surface area contributed by atoms with Crippen LogP contribution in [0.15, 0.2) is 4.99 Å². The van der Waals surface area contributed by atoms with E-state index < -0.39 is 0 Å². The van der Waals surface area contributed by atoms with E-state index >= 15 is 0 Å². The lowest BCUT2D eigenvalue weighted by molar-refractivity contribution is 0.519. The Morgan fingerprint density at radius 1 is 0.500 bits per heavy atom. The summed E-state index contributed by atoms with van der Waals surface area (Å²) in [5, 5.41) is 8.30. The Morgan fingerprint density at radius 2 is 0.786 bits per heavy atom. The van der Waals surface area contributed by atoms with E-state index in [0.717, 1.165) is 6.42 Å². The summed E-state index contributed by atoms with van der Waals surface area (Å²) in [4.78, 5) is 3.58. The molecule has 0 aliphatic carbocycles. The van der Waals surface area contributed by atoms with Crippen molar-refractivity contribution < 1.29 is 0 Å². The van der Waals surface area contributed by atoms with Gasteiger partial charge in [-0.3, -0.25) is 0 Å². The van der Waals surface area contributed by atoms with Crippen LogP contribution in [0, 0.1) is 11.5 Å². The molecule has 164 valence electrons. The van der Waals surface area contributed by atoms with Gasteiger partial charge in [-0.05, 0) is 12.8 Å². The molecule has 0 aromatic heterocycles. The first-order chi connectivity index (χ1) is 13.9. The van der Waals surface area contributed by atoms with Gasteiger partial charge in [0.05, 0.1) is 0 Å². The van der Waals surface area contributed by atoms with Crippen molar-refractivity contribution in [2.75, 3.05) is 0 Å². The fraction of sp³-hybridized carbons (Fsp3) is 0.923. The van der Waals surface area contributed by atoms with E-state index in [0.29, 0.717) is 0 Å². The van der Waals surface area contributed by atoms with Crippen LogP contribution >= 0.6 is 0 Å². The van der Waals surface area contributed by atoms with Gasteiger partial charge >= 0.3 is 0 Å². The summed E-state index contributed by atoms with van der Waals surface area (Å²) in [5.41, 5.74) is 0. The minimum Gasteiger partial charge on any atom is -0.186 e. The van der Waals surface area contributed by atoms with Crippen molar-refractivity contribution in [2.24, 2.45) is 4.99 Å². The van der Waals surface area contributed by atoms with Crippen molar-refractivity contribution >= 4 is 6.21 Å². The van der Waals surface area contributed by atoms with Crippen molar-refractivity contribution in [3.8, 4) is 6.19 Å². The molecule has 0 aliphatic rings. The first kappa shape index (κ1) is 27.2. The van der Waals surface area contributed by atoms with Crippen LogP contribution in [0.5, 0.6) is 0 Å². The average molecular weight is 391 g/mol. The molecule has 0 N–H and O–H groups in total. The Labute approximate surface area is 177 Å². The molecule has 28 heavy (non-hydrogen) atoms. The number of nitrogens with zero attached hydrogens (tertiary/aromatic N) is 2. The predicted molar refractivity (Wildman–Crippen MR) is 126 cm³/mol. The summed E-state index contributed by atoms with van der Waals surface area (Å²) in [7, 11) is 0. The highest BCUT2D eigenvalue weighted by atomic mass is 14.7. The van der Waals surface area contributed by atoms with Crippen LogP contribution in [0.25, 0.3) is 0 Å². The Bertz CT molecular complexity index is 343. The minimum atomic E-state index is 0.965. The van der Waals surface area contributed by atoms with Crippen LogP contribution in [0.1, 0.15) is 155 Å². The molecule has 2 heteroatoms. The van der Waals surface area contributed by atoms with E-state index in [2.05, 4.69) is 11.9 Å². The zero-order valence-electron chi connectivity index (χ0n) is 19.2. The largest absolute Gasteiger partial charge is 0.205 e. The van der Waals surface area contributed by atoms with E-state index in [4.69, 9.17) is 5.26 Å². The van der Waals surface area contributed by atoms with E-state index in [1.165, 1.54) is 141 Å². The molecule has 0 saturated heterocycles. The molecule has 0 bridgehead atoms. The van der Waals surface area contributed by atoms with E-state index in [9.17, 15) is 0 Å². The molecule has 0 atom stereocenters. The summed E-state index contributed by atoms with van der Waals surface area (Å²) in [6.07, 6.45) is 35.8. The van der Waals surface area contributed by atoms with Gasteiger partial charge in [0, 0.05) is 6.21 Å². The zero-order chi connectivity index (χ0) is 20.4.